The normalized spacial score (nSPS) is 17.0. The molecule has 0 radical (unpaired) electrons. The highest BCUT2D eigenvalue weighted by molar-refractivity contribution is 8.03. The fourth-order valence-corrected chi connectivity index (χ4v) is 6.63. The van der Waals surface area contributed by atoms with Crippen LogP contribution in [-0.2, 0) is 36.0 Å². The van der Waals surface area contributed by atoms with E-state index < -0.39 is 25.8 Å². The van der Waals surface area contributed by atoms with Crippen molar-refractivity contribution < 1.29 is 38.9 Å². The van der Waals surface area contributed by atoms with Gasteiger partial charge in [-0.05, 0) is 18.2 Å². The number of rotatable bonds is 5. The summed E-state index contributed by atoms with van der Waals surface area (Å²) >= 11 is 0. The molecular weight excluding hydrogens is 443 g/mol. The number of alkyl halides is 3. The van der Waals surface area contributed by atoms with Crippen LogP contribution in [0.1, 0.15) is 0 Å². The number of ether oxygens (including phenoxy) is 1. The molecule has 1 fully saturated rings. The van der Waals surface area contributed by atoms with Crippen LogP contribution in [0.3, 0.4) is 0 Å². The van der Waals surface area contributed by atoms with E-state index in [1.807, 2.05) is 0 Å². The van der Waals surface area contributed by atoms with Crippen LogP contribution in [0.2, 0.25) is 0 Å². The van der Waals surface area contributed by atoms with Crippen LogP contribution in [-0.4, -0.2) is 47.1 Å². The van der Waals surface area contributed by atoms with Crippen LogP contribution < -0.4 is 8.31 Å². The zero-order chi connectivity index (χ0) is 20.6. The van der Waals surface area contributed by atoms with Crippen molar-refractivity contribution in [3.8, 4) is 5.75 Å². The highest BCUT2D eigenvalue weighted by Crippen LogP contribution is 2.34. The maximum absolute atomic E-state index is 12.4. The molecule has 0 bridgehead atoms. The first-order valence-corrected chi connectivity index (χ1v) is 12.3. The molecule has 0 saturated carbocycles. The molecule has 1 saturated heterocycles. The molecule has 2 aromatic rings. The van der Waals surface area contributed by atoms with Crippen LogP contribution in [0.4, 0.5) is 13.2 Å². The topological polar surface area (TPSA) is 98.8 Å². The van der Waals surface area contributed by atoms with Crippen molar-refractivity contribution in [2.45, 2.75) is 10.4 Å². The van der Waals surface area contributed by atoms with Crippen LogP contribution in [0.25, 0.3) is 10.8 Å². The van der Waals surface area contributed by atoms with Gasteiger partial charge >= 0.3 is 25.8 Å². The zero-order valence-corrected chi connectivity index (χ0v) is 16.6. The number of sulfonamides is 1. The van der Waals surface area contributed by atoms with Crippen molar-refractivity contribution in [3.63, 3.8) is 0 Å². The highest BCUT2D eigenvalue weighted by Gasteiger charge is 2.49. The van der Waals surface area contributed by atoms with E-state index in [4.69, 9.17) is 4.74 Å². The highest BCUT2D eigenvalue weighted by atomic mass is 32.3. The summed E-state index contributed by atoms with van der Waals surface area (Å²) in [4.78, 5) is 0.958. The molecule has 0 aliphatic carbocycles. The molecule has 1 heterocycles. The minimum Gasteiger partial charge on any atom is -0.372 e. The second-order valence-corrected chi connectivity index (χ2v) is 11.1. The van der Waals surface area contributed by atoms with E-state index in [2.05, 4.69) is 4.18 Å². The predicted molar refractivity (Wildman–Crippen MR) is 97.8 cm³/mol. The maximum Gasteiger partial charge on any atom is 0.512 e. The van der Waals surface area contributed by atoms with Gasteiger partial charge in [0.05, 0.1) is 13.2 Å². The summed E-state index contributed by atoms with van der Waals surface area (Å²) in [6.07, 6.45) is 0. The van der Waals surface area contributed by atoms with Crippen molar-refractivity contribution in [1.82, 2.24) is 4.13 Å². The zero-order valence-electron chi connectivity index (χ0n) is 14.1. The van der Waals surface area contributed by atoms with Crippen molar-refractivity contribution in [3.05, 3.63) is 36.4 Å². The third-order valence-corrected chi connectivity index (χ3v) is 8.82. The summed E-state index contributed by atoms with van der Waals surface area (Å²) in [6.45, 7) is 1.20. The fraction of sp³-hybridized carbons (Fsp3) is 0.333. The third-order valence-electron chi connectivity index (χ3n) is 3.82. The summed E-state index contributed by atoms with van der Waals surface area (Å²) in [7, 11) is -11.5. The molecule has 2 aromatic carbocycles. The largest absolute Gasteiger partial charge is 0.512 e. The third kappa shape index (κ3) is 4.54. The van der Waals surface area contributed by atoms with Gasteiger partial charge in [-0.1, -0.05) is 22.3 Å². The predicted octanol–water partition coefficient (Wildman–Crippen LogP) is 1.91. The van der Waals surface area contributed by atoms with Crippen LogP contribution in [0.5, 0.6) is 5.75 Å². The van der Waals surface area contributed by atoms with Gasteiger partial charge in [-0.25, -0.2) is 8.42 Å². The Morgan fingerprint density at radius 1 is 0.964 bits per heavy atom. The monoisotopic (exact) mass is 458 g/mol. The van der Waals surface area contributed by atoms with E-state index >= 15 is 0 Å². The van der Waals surface area contributed by atoms with Gasteiger partial charge in [0, 0.05) is 21.7 Å². The quantitative estimate of drug-likeness (QED) is 0.688. The van der Waals surface area contributed by atoms with Crippen molar-refractivity contribution >= 4 is 42.0 Å². The molecule has 1 N–H and O–H groups in total. The van der Waals surface area contributed by atoms with E-state index in [0.29, 0.717) is 28.1 Å². The molecule has 13 heteroatoms. The molecule has 0 aromatic heterocycles. The van der Waals surface area contributed by atoms with Gasteiger partial charge in [0.2, 0.25) is 0 Å². The first kappa shape index (κ1) is 21.2. The standard InChI is InChI=1S/C15H15F3NO6S3/c16-15(17,18)27(20,21)19-28(22,23)25-13-5-6-14(26-9-7-24-8-10-26)12-4-2-1-3-11(12)13/h1-6,19H,7-10H2/q+1. The Bertz CT molecular complexity index is 1080. The van der Waals surface area contributed by atoms with E-state index in [-0.39, 0.29) is 16.6 Å². The van der Waals surface area contributed by atoms with Gasteiger partial charge in [-0.3, -0.25) is 0 Å². The Morgan fingerprint density at radius 2 is 1.57 bits per heavy atom. The number of hydrogen-bond acceptors (Lipinski definition) is 6. The minimum atomic E-state index is -6.13. The van der Waals surface area contributed by atoms with Crippen molar-refractivity contribution in [1.29, 1.82) is 0 Å². The SMILES string of the molecule is O=S(=O)(NS(=O)(=O)C(F)(F)F)Oc1ccc([S+]2CCOCC2)c2ccccc12. The van der Waals surface area contributed by atoms with E-state index in [0.717, 1.165) is 16.4 Å². The Labute approximate surface area is 162 Å². The summed E-state index contributed by atoms with van der Waals surface area (Å²) in [5.41, 5.74) is -5.79. The lowest BCUT2D eigenvalue weighted by atomic mass is 10.1. The first-order valence-electron chi connectivity index (χ1n) is 7.81. The number of fused-ring (bicyclic) bond motifs is 1. The average Bonchev–Trinajstić information content (AvgIpc) is 2.60. The molecule has 0 atom stereocenters. The van der Waals surface area contributed by atoms with Gasteiger partial charge in [0.25, 0.3) is 0 Å². The second kappa shape index (κ2) is 7.71. The fourth-order valence-electron chi connectivity index (χ4n) is 2.63. The Morgan fingerprint density at radius 3 is 2.18 bits per heavy atom. The van der Waals surface area contributed by atoms with Gasteiger partial charge in [-0.15, -0.1) is 0 Å². The van der Waals surface area contributed by atoms with E-state index in [1.165, 1.54) is 6.07 Å². The first-order chi connectivity index (χ1) is 13.0. The van der Waals surface area contributed by atoms with Crippen molar-refractivity contribution in [2.24, 2.45) is 0 Å². The molecule has 1 aliphatic rings. The molecule has 0 spiro atoms. The number of halogens is 3. The Hall–Kier alpha value is -1.54. The van der Waals surface area contributed by atoms with Crippen LogP contribution >= 0.6 is 0 Å². The summed E-state index contributed by atoms with van der Waals surface area (Å²) < 4.78 is 93.7. The van der Waals surface area contributed by atoms with Crippen molar-refractivity contribution in [2.75, 3.05) is 24.7 Å². The molecule has 0 amide bonds. The molecule has 0 unspecified atom stereocenters. The van der Waals surface area contributed by atoms with Crippen LogP contribution in [0.15, 0.2) is 41.3 Å². The van der Waals surface area contributed by atoms with E-state index in [1.54, 1.807) is 30.3 Å². The number of benzene rings is 2. The second-order valence-electron chi connectivity index (χ2n) is 5.69. The van der Waals surface area contributed by atoms with Crippen LogP contribution in [0, 0.1) is 0 Å². The molecule has 3 rings (SSSR count). The Kier molecular flexibility index (Phi) is 5.83. The summed E-state index contributed by atoms with van der Waals surface area (Å²) in [5.74, 6) is 1.32. The number of hydrogen-bond donors (Lipinski definition) is 1. The Balaban J connectivity index is 1.96. The maximum atomic E-state index is 12.4. The van der Waals surface area contributed by atoms with Gasteiger partial charge in [0.15, 0.2) is 10.6 Å². The minimum absolute atomic E-state index is 0.132. The molecule has 154 valence electrons. The average molecular weight is 458 g/mol. The van der Waals surface area contributed by atoms with Gasteiger partial charge in [-0.2, -0.15) is 21.6 Å². The lowest BCUT2D eigenvalue weighted by Gasteiger charge is -2.17. The van der Waals surface area contributed by atoms with Gasteiger partial charge in [0.1, 0.15) is 11.5 Å². The molecular formula is C15H15F3NO6S3+. The smallest absolute Gasteiger partial charge is 0.372 e. The molecule has 1 aliphatic heterocycles. The number of nitrogens with one attached hydrogen (secondary N) is 1. The summed E-state index contributed by atoms with van der Waals surface area (Å²) in [5, 5.41) is 1.02. The molecule has 28 heavy (non-hydrogen) atoms. The molecule has 7 nitrogen and oxygen atoms in total. The van der Waals surface area contributed by atoms with E-state index in [9.17, 15) is 30.0 Å². The van der Waals surface area contributed by atoms with Gasteiger partial charge < -0.3 is 8.92 Å². The lowest BCUT2D eigenvalue weighted by molar-refractivity contribution is -0.0442. The summed E-state index contributed by atoms with van der Waals surface area (Å²) in [6, 6.07) is 9.58. The lowest BCUT2D eigenvalue weighted by Crippen LogP contribution is -2.42.